The van der Waals surface area contributed by atoms with Crippen molar-refractivity contribution >= 4 is 34.0 Å². The predicted molar refractivity (Wildman–Crippen MR) is 128 cm³/mol. The van der Waals surface area contributed by atoms with Crippen LogP contribution in [0.4, 0.5) is 30.5 Å². The van der Waals surface area contributed by atoms with Crippen molar-refractivity contribution in [2.45, 2.75) is 6.18 Å². The van der Waals surface area contributed by atoms with Gasteiger partial charge in [0.05, 0.1) is 29.8 Å². The summed E-state index contributed by atoms with van der Waals surface area (Å²) in [6.45, 7) is 0. The van der Waals surface area contributed by atoms with Crippen LogP contribution in [0.1, 0.15) is 11.1 Å². The number of aromatic nitrogens is 6. The molecule has 0 spiro atoms. The zero-order valence-corrected chi connectivity index (χ0v) is 19.6. The van der Waals surface area contributed by atoms with E-state index < -0.39 is 17.3 Å². The summed E-state index contributed by atoms with van der Waals surface area (Å²) in [5.74, 6) is 0.531. The normalized spacial score (nSPS) is 11.6. The second-order valence-corrected chi connectivity index (χ2v) is 8.07. The topological polar surface area (TPSA) is 127 Å². The summed E-state index contributed by atoms with van der Waals surface area (Å²) in [5, 5.41) is 19.8. The van der Waals surface area contributed by atoms with Crippen LogP contribution in [0.15, 0.2) is 47.8 Å². The molecule has 0 radical (unpaired) electrons. The van der Waals surface area contributed by atoms with E-state index >= 15 is 0 Å². The summed E-state index contributed by atoms with van der Waals surface area (Å²) in [6, 6.07) is 6.43. The molecule has 188 valence electrons. The number of pyridine rings is 3. The highest BCUT2D eigenvalue weighted by Crippen LogP contribution is 2.34. The lowest BCUT2D eigenvalue weighted by Gasteiger charge is -2.12. The van der Waals surface area contributed by atoms with Crippen LogP contribution in [0.3, 0.4) is 0 Å². The number of nitrogens with zero attached hydrogens (tertiary/aromatic N) is 7. The van der Waals surface area contributed by atoms with Gasteiger partial charge in [-0.05, 0) is 18.2 Å². The fourth-order valence-corrected chi connectivity index (χ4v) is 3.83. The monoisotopic (exact) mass is 509 g/mol. The van der Waals surface area contributed by atoms with Gasteiger partial charge in [0.15, 0.2) is 17.1 Å². The molecule has 37 heavy (non-hydrogen) atoms. The van der Waals surface area contributed by atoms with E-state index in [4.69, 9.17) is 4.74 Å². The number of hydrogen-bond acceptors (Lipinski definition) is 8. The number of alkyl halides is 3. The van der Waals surface area contributed by atoms with Gasteiger partial charge in [0, 0.05) is 27.3 Å². The third-order valence-electron chi connectivity index (χ3n) is 5.72. The molecule has 5 aromatic heterocycles. The number of halogens is 3. The van der Waals surface area contributed by atoms with Gasteiger partial charge in [-0.2, -0.15) is 28.5 Å². The van der Waals surface area contributed by atoms with Gasteiger partial charge in [-0.25, -0.2) is 9.50 Å². The van der Waals surface area contributed by atoms with Crippen LogP contribution in [0, 0.1) is 11.3 Å². The van der Waals surface area contributed by atoms with Gasteiger partial charge >= 0.3 is 6.18 Å². The van der Waals surface area contributed by atoms with E-state index in [9.17, 15) is 23.2 Å². The first-order valence-corrected chi connectivity index (χ1v) is 10.7. The van der Waals surface area contributed by atoms with Crippen LogP contribution in [0.5, 0.6) is 11.5 Å². The maximum absolute atomic E-state index is 13.3. The molecule has 0 atom stereocenters. The molecule has 2 N–H and O–H groups in total. The standard InChI is InChI=1S/C23H18F3N9O2/c1-28-13-4-5-16-18(9-30-35(16)11-13)37-17-8-29-20-19(14(17)7-27)34(3)22(32-20)31-15-6-12(23(24,25)26)10-33(2)21(15)36/h4-6,8-11,28H,1-3H3,(H,29,31,32). The van der Waals surface area contributed by atoms with Crippen molar-refractivity contribution in [3.05, 3.63) is 64.5 Å². The maximum atomic E-state index is 13.3. The summed E-state index contributed by atoms with van der Waals surface area (Å²) in [4.78, 5) is 21.0. The van der Waals surface area contributed by atoms with Crippen molar-refractivity contribution in [3.63, 3.8) is 0 Å². The van der Waals surface area contributed by atoms with E-state index in [0.717, 1.165) is 10.3 Å². The third-order valence-corrected chi connectivity index (χ3v) is 5.72. The molecular formula is C23H18F3N9O2. The van der Waals surface area contributed by atoms with Crippen LogP contribution >= 0.6 is 0 Å². The minimum atomic E-state index is -4.65. The van der Waals surface area contributed by atoms with Gasteiger partial charge in [0.1, 0.15) is 28.4 Å². The molecule has 0 unspecified atom stereocenters. The predicted octanol–water partition coefficient (Wildman–Crippen LogP) is 3.78. The van der Waals surface area contributed by atoms with E-state index in [2.05, 4.69) is 31.8 Å². The highest BCUT2D eigenvalue weighted by Gasteiger charge is 2.32. The van der Waals surface area contributed by atoms with Crippen LogP contribution in [0.2, 0.25) is 0 Å². The first-order valence-electron chi connectivity index (χ1n) is 10.7. The Balaban J connectivity index is 1.56. The lowest BCUT2D eigenvalue weighted by Crippen LogP contribution is -2.23. The third kappa shape index (κ3) is 4.05. The Hall–Kier alpha value is -5.06. The Morgan fingerprint density at radius 3 is 2.62 bits per heavy atom. The molecule has 0 aromatic carbocycles. The smallest absolute Gasteiger partial charge is 0.417 e. The number of anilines is 3. The fraction of sp³-hybridized carbons (Fsp3) is 0.174. The molecule has 5 rings (SSSR count). The Kier molecular flexibility index (Phi) is 5.47. The number of ether oxygens (including phenoxy) is 1. The molecular weight excluding hydrogens is 491 g/mol. The average molecular weight is 509 g/mol. The van der Waals surface area contributed by atoms with E-state index in [0.29, 0.717) is 23.5 Å². The van der Waals surface area contributed by atoms with Crippen molar-refractivity contribution < 1.29 is 17.9 Å². The molecule has 0 aliphatic carbocycles. The van der Waals surface area contributed by atoms with Gasteiger partial charge in [0.25, 0.3) is 5.56 Å². The Labute approximate surface area is 206 Å². The zero-order valence-electron chi connectivity index (χ0n) is 19.6. The zero-order chi connectivity index (χ0) is 26.5. The fourth-order valence-electron chi connectivity index (χ4n) is 3.83. The maximum Gasteiger partial charge on any atom is 0.417 e. The van der Waals surface area contributed by atoms with Crippen molar-refractivity contribution in [1.29, 1.82) is 5.26 Å². The number of fused-ring (bicyclic) bond motifs is 2. The van der Waals surface area contributed by atoms with Gasteiger partial charge in [0.2, 0.25) is 5.95 Å². The quantitative estimate of drug-likeness (QED) is 0.367. The number of imidazole rings is 1. The largest absolute Gasteiger partial charge is 0.450 e. The van der Waals surface area contributed by atoms with Crippen LogP contribution < -0.4 is 20.9 Å². The van der Waals surface area contributed by atoms with Gasteiger partial charge < -0.3 is 24.5 Å². The SMILES string of the molecule is CNc1ccc2c(Oc3cnc4nc(Nc5cc(C(F)(F)F)cn(C)c5=O)n(C)c4c3C#N)cnn2c1. The van der Waals surface area contributed by atoms with Gasteiger partial charge in [-0.1, -0.05) is 0 Å². The molecule has 0 amide bonds. The number of nitriles is 1. The second-order valence-electron chi connectivity index (χ2n) is 8.07. The Morgan fingerprint density at radius 2 is 1.92 bits per heavy atom. The average Bonchev–Trinajstić information content (AvgIpc) is 3.41. The first-order chi connectivity index (χ1) is 17.6. The van der Waals surface area contributed by atoms with E-state index in [1.165, 1.54) is 31.1 Å². The summed E-state index contributed by atoms with van der Waals surface area (Å²) in [7, 11) is 4.54. The molecule has 0 bridgehead atoms. The molecule has 11 nitrogen and oxygen atoms in total. The molecule has 5 aromatic rings. The van der Waals surface area contributed by atoms with Crippen molar-refractivity contribution in [2.75, 3.05) is 17.7 Å². The van der Waals surface area contributed by atoms with Crippen molar-refractivity contribution in [3.8, 4) is 17.6 Å². The van der Waals surface area contributed by atoms with E-state index in [1.807, 2.05) is 6.07 Å². The summed E-state index contributed by atoms with van der Waals surface area (Å²) in [5.41, 5.74) is -0.0421. The minimum absolute atomic E-state index is 0.0168. The van der Waals surface area contributed by atoms with Crippen molar-refractivity contribution in [2.24, 2.45) is 14.1 Å². The molecule has 0 aliphatic heterocycles. The first kappa shape index (κ1) is 23.7. The van der Waals surface area contributed by atoms with E-state index in [1.54, 1.807) is 23.8 Å². The number of rotatable bonds is 5. The van der Waals surface area contributed by atoms with Crippen LogP contribution in [0.25, 0.3) is 16.7 Å². The molecule has 5 heterocycles. The van der Waals surface area contributed by atoms with Crippen molar-refractivity contribution in [1.82, 2.24) is 28.7 Å². The number of aryl methyl sites for hydroxylation is 2. The van der Waals surface area contributed by atoms with Gasteiger partial charge in [-0.3, -0.25) is 4.79 Å². The highest BCUT2D eigenvalue weighted by atomic mass is 19.4. The summed E-state index contributed by atoms with van der Waals surface area (Å²) < 4.78 is 49.6. The minimum Gasteiger partial charge on any atom is -0.450 e. The summed E-state index contributed by atoms with van der Waals surface area (Å²) in [6.07, 6.45) is 0.655. The molecule has 0 fully saturated rings. The highest BCUT2D eigenvalue weighted by molar-refractivity contribution is 5.84. The van der Waals surface area contributed by atoms with Gasteiger partial charge in [-0.15, -0.1) is 0 Å². The molecule has 0 saturated heterocycles. The molecule has 14 heteroatoms. The summed E-state index contributed by atoms with van der Waals surface area (Å²) >= 11 is 0. The Morgan fingerprint density at radius 1 is 1.14 bits per heavy atom. The van der Waals surface area contributed by atoms with Crippen LogP contribution in [-0.2, 0) is 20.3 Å². The second kappa shape index (κ2) is 8.55. The molecule has 0 saturated carbocycles. The molecule has 0 aliphatic rings. The number of nitrogens with one attached hydrogen (secondary N) is 2. The van der Waals surface area contributed by atoms with E-state index in [-0.39, 0.29) is 34.1 Å². The number of hydrogen-bond donors (Lipinski definition) is 2. The lowest BCUT2D eigenvalue weighted by molar-refractivity contribution is -0.138. The lowest BCUT2D eigenvalue weighted by atomic mass is 10.2. The Bertz CT molecular complexity index is 1780. The van der Waals surface area contributed by atoms with Crippen LogP contribution in [-0.4, -0.2) is 35.8 Å².